The summed E-state index contributed by atoms with van der Waals surface area (Å²) in [5.41, 5.74) is 1.86. The molecule has 0 spiro atoms. The van der Waals surface area contributed by atoms with Gasteiger partial charge in [-0.3, -0.25) is 4.79 Å². The zero-order chi connectivity index (χ0) is 23.2. The van der Waals surface area contributed by atoms with Crippen LogP contribution in [0.15, 0.2) is 56.8 Å². The maximum Gasteiger partial charge on any atom is 0.341 e. The lowest BCUT2D eigenvalue weighted by Gasteiger charge is -2.07. The van der Waals surface area contributed by atoms with Crippen molar-refractivity contribution in [2.24, 2.45) is 0 Å². The van der Waals surface area contributed by atoms with Gasteiger partial charge in [0.25, 0.3) is 5.22 Å². The molecule has 0 radical (unpaired) electrons. The first-order chi connectivity index (χ1) is 16.1. The van der Waals surface area contributed by atoms with Crippen LogP contribution in [0, 0.1) is 0 Å². The summed E-state index contributed by atoms with van der Waals surface area (Å²) in [6.45, 7) is 1.99. The maximum absolute atomic E-state index is 12.6. The Morgan fingerprint density at radius 3 is 2.67 bits per heavy atom. The number of anilines is 1. The molecule has 33 heavy (non-hydrogen) atoms. The Kier molecular flexibility index (Phi) is 7.43. The number of hydrogen-bond donors (Lipinski definition) is 1. The van der Waals surface area contributed by atoms with Gasteiger partial charge in [0.15, 0.2) is 0 Å². The molecule has 0 bridgehead atoms. The Bertz CT molecular complexity index is 1230. The van der Waals surface area contributed by atoms with Crippen LogP contribution in [0.1, 0.15) is 17.3 Å². The van der Waals surface area contributed by atoms with Crippen molar-refractivity contribution in [3.05, 3.63) is 52.7 Å². The van der Waals surface area contributed by atoms with Crippen molar-refractivity contribution in [3.8, 4) is 27.6 Å². The minimum absolute atomic E-state index is 0.0404. The third kappa shape index (κ3) is 5.44. The summed E-state index contributed by atoms with van der Waals surface area (Å²) in [6, 6.07) is 11.1. The van der Waals surface area contributed by atoms with Gasteiger partial charge in [-0.1, -0.05) is 17.8 Å². The van der Waals surface area contributed by atoms with Gasteiger partial charge in [-0.2, -0.15) is 0 Å². The minimum Gasteiger partial charge on any atom is -0.497 e. The highest BCUT2D eigenvalue weighted by Gasteiger charge is 2.23. The van der Waals surface area contributed by atoms with E-state index in [1.165, 1.54) is 22.7 Å². The molecule has 11 heteroatoms. The first-order valence-electron chi connectivity index (χ1n) is 9.82. The lowest BCUT2D eigenvalue weighted by atomic mass is 10.1. The van der Waals surface area contributed by atoms with Crippen molar-refractivity contribution in [1.82, 2.24) is 10.2 Å². The first-order valence-corrected chi connectivity index (χ1v) is 12.6. The van der Waals surface area contributed by atoms with Crippen molar-refractivity contribution < 1.29 is 23.5 Å². The summed E-state index contributed by atoms with van der Waals surface area (Å²) in [6.07, 6.45) is 0. The SMILES string of the molecule is CCOC(=O)c1c(-c2cccs2)csc1NC(=O)CSc1nnc(-c2ccc(OC)cc2)o1. The van der Waals surface area contributed by atoms with Crippen LogP contribution in [0.2, 0.25) is 0 Å². The fraction of sp³-hybridized carbons (Fsp3) is 0.182. The van der Waals surface area contributed by atoms with E-state index in [1.807, 2.05) is 35.0 Å². The molecule has 4 aromatic rings. The number of amides is 1. The van der Waals surface area contributed by atoms with Gasteiger partial charge in [-0.05, 0) is 42.6 Å². The molecular formula is C22H19N3O5S3. The highest BCUT2D eigenvalue weighted by atomic mass is 32.2. The number of benzene rings is 1. The van der Waals surface area contributed by atoms with Crippen molar-refractivity contribution in [1.29, 1.82) is 0 Å². The van der Waals surface area contributed by atoms with E-state index in [9.17, 15) is 9.59 Å². The van der Waals surface area contributed by atoms with Crippen LogP contribution in [0.3, 0.4) is 0 Å². The van der Waals surface area contributed by atoms with Gasteiger partial charge in [-0.25, -0.2) is 4.79 Å². The molecule has 0 fully saturated rings. The second kappa shape index (κ2) is 10.6. The topological polar surface area (TPSA) is 104 Å². The summed E-state index contributed by atoms with van der Waals surface area (Å²) < 4.78 is 16.0. The number of nitrogens with zero attached hydrogens (tertiary/aromatic N) is 2. The van der Waals surface area contributed by atoms with Crippen LogP contribution >= 0.6 is 34.4 Å². The van der Waals surface area contributed by atoms with Crippen LogP contribution in [-0.4, -0.2) is 41.5 Å². The van der Waals surface area contributed by atoms with Gasteiger partial charge in [0.05, 0.1) is 19.5 Å². The quantitative estimate of drug-likeness (QED) is 0.239. The van der Waals surface area contributed by atoms with Gasteiger partial charge in [0.2, 0.25) is 11.8 Å². The average molecular weight is 502 g/mol. The summed E-state index contributed by atoms with van der Waals surface area (Å²) in [7, 11) is 1.59. The number of nitrogens with one attached hydrogen (secondary N) is 1. The fourth-order valence-electron chi connectivity index (χ4n) is 2.88. The normalized spacial score (nSPS) is 10.7. The zero-order valence-electron chi connectivity index (χ0n) is 17.7. The molecular weight excluding hydrogens is 482 g/mol. The lowest BCUT2D eigenvalue weighted by molar-refractivity contribution is -0.113. The predicted molar refractivity (Wildman–Crippen MR) is 129 cm³/mol. The Labute approximate surface area is 201 Å². The molecule has 1 N–H and O–H groups in total. The monoisotopic (exact) mass is 501 g/mol. The molecule has 1 amide bonds. The molecule has 3 heterocycles. The highest BCUT2D eigenvalue weighted by Crippen LogP contribution is 2.38. The molecule has 0 saturated heterocycles. The Morgan fingerprint density at radius 2 is 1.97 bits per heavy atom. The number of aromatic nitrogens is 2. The van der Waals surface area contributed by atoms with Crippen molar-refractivity contribution in [3.63, 3.8) is 0 Å². The summed E-state index contributed by atoms with van der Waals surface area (Å²) >= 11 is 3.91. The van der Waals surface area contributed by atoms with Crippen molar-refractivity contribution >= 4 is 51.3 Å². The number of ether oxygens (including phenoxy) is 2. The van der Waals surface area contributed by atoms with E-state index in [4.69, 9.17) is 13.9 Å². The molecule has 1 aromatic carbocycles. The Morgan fingerprint density at radius 1 is 1.15 bits per heavy atom. The molecule has 8 nitrogen and oxygen atoms in total. The van der Waals surface area contributed by atoms with E-state index < -0.39 is 5.97 Å². The molecule has 0 unspecified atom stereocenters. The third-order valence-corrected chi connectivity index (χ3v) is 7.00. The number of methoxy groups -OCH3 is 1. The number of carbonyl (C=O) groups excluding carboxylic acids is 2. The van der Waals surface area contributed by atoms with Gasteiger partial charge in [-0.15, -0.1) is 32.9 Å². The van der Waals surface area contributed by atoms with Gasteiger partial charge < -0.3 is 19.2 Å². The molecule has 0 aliphatic heterocycles. The summed E-state index contributed by atoms with van der Waals surface area (Å²) in [5.74, 6) is 0.352. The van der Waals surface area contributed by atoms with E-state index >= 15 is 0 Å². The number of thiophene rings is 2. The van der Waals surface area contributed by atoms with E-state index in [1.54, 1.807) is 26.2 Å². The standard InChI is InChI=1S/C22H19N3O5S3/c1-3-29-21(27)18-15(16-5-4-10-31-16)11-32-20(18)23-17(26)12-33-22-25-24-19(30-22)13-6-8-14(28-2)9-7-13/h4-11H,3,12H2,1-2H3,(H,23,26). The van der Waals surface area contributed by atoms with Gasteiger partial charge in [0.1, 0.15) is 16.3 Å². The van der Waals surface area contributed by atoms with E-state index in [-0.39, 0.29) is 23.5 Å². The van der Waals surface area contributed by atoms with E-state index in [2.05, 4.69) is 15.5 Å². The van der Waals surface area contributed by atoms with Crippen LogP contribution < -0.4 is 10.1 Å². The number of rotatable bonds is 9. The lowest BCUT2D eigenvalue weighted by Crippen LogP contribution is -2.16. The Hall–Kier alpha value is -3.15. The Balaban J connectivity index is 1.42. The number of esters is 1. The fourth-order valence-corrected chi connectivity index (χ4v) is 5.23. The van der Waals surface area contributed by atoms with Crippen LogP contribution in [0.4, 0.5) is 5.00 Å². The van der Waals surface area contributed by atoms with Crippen molar-refractivity contribution in [2.75, 3.05) is 24.8 Å². The van der Waals surface area contributed by atoms with Crippen molar-refractivity contribution in [2.45, 2.75) is 12.1 Å². The van der Waals surface area contributed by atoms with Gasteiger partial charge in [0, 0.05) is 21.4 Å². The number of thioether (sulfide) groups is 1. The second-order valence-electron chi connectivity index (χ2n) is 6.49. The highest BCUT2D eigenvalue weighted by molar-refractivity contribution is 7.99. The van der Waals surface area contributed by atoms with Gasteiger partial charge >= 0.3 is 5.97 Å². The largest absolute Gasteiger partial charge is 0.497 e. The molecule has 0 saturated carbocycles. The first kappa shape index (κ1) is 23.0. The summed E-state index contributed by atoms with van der Waals surface area (Å²) in [5, 5.41) is 15.3. The molecule has 0 atom stereocenters. The molecule has 3 aromatic heterocycles. The van der Waals surface area contributed by atoms with Crippen LogP contribution in [-0.2, 0) is 9.53 Å². The van der Waals surface area contributed by atoms with E-state index in [0.717, 1.165) is 33.5 Å². The smallest absolute Gasteiger partial charge is 0.341 e. The third-order valence-electron chi connectivity index (χ3n) is 4.38. The number of carbonyl (C=O) groups is 2. The predicted octanol–water partition coefficient (Wildman–Crippen LogP) is 5.44. The number of hydrogen-bond acceptors (Lipinski definition) is 10. The van der Waals surface area contributed by atoms with E-state index in [0.29, 0.717) is 16.5 Å². The molecule has 0 aliphatic carbocycles. The molecule has 170 valence electrons. The second-order valence-corrected chi connectivity index (χ2v) is 9.24. The molecule has 0 aliphatic rings. The minimum atomic E-state index is -0.467. The molecule has 4 rings (SSSR count). The zero-order valence-corrected chi connectivity index (χ0v) is 20.1. The summed E-state index contributed by atoms with van der Waals surface area (Å²) in [4.78, 5) is 26.1. The average Bonchev–Trinajstić information content (AvgIpc) is 3.58. The van der Waals surface area contributed by atoms with Crippen LogP contribution in [0.25, 0.3) is 21.9 Å². The maximum atomic E-state index is 12.6. The van der Waals surface area contributed by atoms with Crippen LogP contribution in [0.5, 0.6) is 5.75 Å².